The minimum absolute atomic E-state index is 0.102. The summed E-state index contributed by atoms with van der Waals surface area (Å²) in [6.45, 7) is 3.61. The Balaban J connectivity index is 2.44. The molecule has 7 nitrogen and oxygen atoms in total. The molecule has 0 bridgehead atoms. The first kappa shape index (κ1) is 26.5. The van der Waals surface area contributed by atoms with E-state index in [2.05, 4.69) is 10.1 Å². The number of hydrazine groups is 1. The van der Waals surface area contributed by atoms with Crippen molar-refractivity contribution in [3.05, 3.63) is 65.0 Å². The minimum Gasteiger partial charge on any atom is -0.379 e. The molecule has 1 heterocycles. The molecule has 1 aromatic heterocycles. The van der Waals surface area contributed by atoms with Gasteiger partial charge in [0.25, 0.3) is 0 Å². The molecule has 2 aromatic rings. The monoisotopic (exact) mass is 471 g/mol. The molecule has 0 spiro atoms. The summed E-state index contributed by atoms with van der Waals surface area (Å²) in [5, 5.41) is 3.92. The van der Waals surface area contributed by atoms with Crippen LogP contribution in [0.3, 0.4) is 0 Å². The molecule has 0 aliphatic rings. The van der Waals surface area contributed by atoms with Gasteiger partial charge in [-0.15, -0.1) is 0 Å². The van der Waals surface area contributed by atoms with Crippen molar-refractivity contribution < 1.29 is 27.0 Å². The lowest BCUT2D eigenvalue weighted by atomic mass is 9.84. The van der Waals surface area contributed by atoms with Gasteiger partial charge in [-0.3, -0.25) is 9.99 Å². The molecule has 11 heteroatoms. The summed E-state index contributed by atoms with van der Waals surface area (Å²) in [6.07, 6.45) is 3.57. The molecule has 0 aliphatic heterocycles. The van der Waals surface area contributed by atoms with Crippen LogP contribution in [0, 0.1) is 11.6 Å². The van der Waals surface area contributed by atoms with Crippen molar-refractivity contribution in [2.24, 2.45) is 16.8 Å². The summed E-state index contributed by atoms with van der Waals surface area (Å²) in [6, 6.07) is 4.89. The number of benzene rings is 1. The zero-order valence-corrected chi connectivity index (χ0v) is 18.8. The lowest BCUT2D eigenvalue weighted by Crippen LogP contribution is -2.55. The van der Waals surface area contributed by atoms with Crippen molar-refractivity contribution >= 4 is 6.34 Å². The average Bonchev–Trinajstić information content (AvgIpc) is 2.75. The molecule has 182 valence electrons. The Bertz CT molecular complexity index is 928. The number of hydrogen-bond donors (Lipinski definition) is 2. The predicted molar refractivity (Wildman–Crippen MR) is 116 cm³/mol. The van der Waals surface area contributed by atoms with Gasteiger partial charge in [-0.2, -0.15) is 13.9 Å². The molecule has 0 aliphatic carbocycles. The van der Waals surface area contributed by atoms with Crippen LogP contribution in [-0.2, 0) is 27.4 Å². The van der Waals surface area contributed by atoms with E-state index in [-0.39, 0.29) is 6.10 Å². The molecule has 0 saturated heterocycles. The van der Waals surface area contributed by atoms with Gasteiger partial charge in [-0.25, -0.2) is 14.6 Å². The lowest BCUT2D eigenvalue weighted by molar-refractivity contribution is -0.219. The third kappa shape index (κ3) is 6.18. The molecule has 0 amide bonds. The maximum absolute atomic E-state index is 15.9. The van der Waals surface area contributed by atoms with Gasteiger partial charge in [0.15, 0.2) is 5.60 Å². The highest BCUT2D eigenvalue weighted by Crippen LogP contribution is 2.48. The SMILES string of the molecule is COC(CN(N)/C=N\N)(c1ccc(F)cc1F)C(F)(F)c1ccc(CCCOC(C)C)cn1. The number of halogens is 4. The van der Waals surface area contributed by atoms with Crippen LogP contribution < -0.4 is 11.7 Å². The summed E-state index contributed by atoms with van der Waals surface area (Å²) in [5.74, 6) is 4.73. The number of pyridine rings is 1. The molecule has 33 heavy (non-hydrogen) atoms. The number of alkyl halides is 2. The second-order valence-electron chi connectivity index (χ2n) is 7.74. The molecule has 1 unspecified atom stereocenters. The van der Waals surface area contributed by atoms with Gasteiger partial charge >= 0.3 is 5.92 Å². The molecular formula is C22H29F4N5O2. The minimum atomic E-state index is -3.89. The van der Waals surface area contributed by atoms with Crippen LogP contribution in [-0.4, -0.2) is 42.7 Å². The fraction of sp³-hybridized carbons (Fsp3) is 0.455. The number of hydrazone groups is 1. The Labute approximate surface area is 190 Å². The topological polar surface area (TPSA) is 99.0 Å². The largest absolute Gasteiger partial charge is 0.379 e. The average molecular weight is 471 g/mol. The van der Waals surface area contributed by atoms with E-state index in [9.17, 15) is 8.78 Å². The molecule has 2 rings (SSSR count). The molecular weight excluding hydrogens is 442 g/mol. The van der Waals surface area contributed by atoms with Crippen molar-refractivity contribution in [3.63, 3.8) is 0 Å². The van der Waals surface area contributed by atoms with Gasteiger partial charge in [-0.05, 0) is 50.5 Å². The first-order valence-electron chi connectivity index (χ1n) is 10.3. The molecule has 1 atom stereocenters. The number of aryl methyl sites for hydroxylation is 1. The van der Waals surface area contributed by atoms with Crippen LogP contribution >= 0.6 is 0 Å². The number of nitrogens with zero attached hydrogens (tertiary/aromatic N) is 3. The van der Waals surface area contributed by atoms with Crippen molar-refractivity contribution in [1.29, 1.82) is 0 Å². The van der Waals surface area contributed by atoms with E-state index in [1.807, 2.05) is 13.8 Å². The van der Waals surface area contributed by atoms with Crippen LogP contribution in [0.4, 0.5) is 17.6 Å². The summed E-state index contributed by atoms with van der Waals surface area (Å²) in [7, 11) is 0.979. The van der Waals surface area contributed by atoms with E-state index in [4.69, 9.17) is 21.2 Å². The summed E-state index contributed by atoms with van der Waals surface area (Å²) in [5.41, 5.74) is -3.23. The Morgan fingerprint density at radius 3 is 2.48 bits per heavy atom. The Morgan fingerprint density at radius 2 is 1.94 bits per heavy atom. The third-order valence-electron chi connectivity index (χ3n) is 5.05. The molecule has 0 saturated carbocycles. The third-order valence-corrected chi connectivity index (χ3v) is 5.05. The normalized spacial score (nSPS) is 14.1. The van der Waals surface area contributed by atoms with Crippen molar-refractivity contribution in [3.8, 4) is 0 Å². The van der Waals surface area contributed by atoms with E-state index >= 15 is 8.78 Å². The van der Waals surface area contributed by atoms with E-state index < -0.39 is 41.0 Å². The van der Waals surface area contributed by atoms with E-state index in [1.54, 1.807) is 0 Å². The number of nitrogens with two attached hydrogens (primary N) is 2. The highest BCUT2D eigenvalue weighted by atomic mass is 19.3. The predicted octanol–water partition coefficient (Wildman–Crippen LogP) is 3.43. The van der Waals surface area contributed by atoms with Crippen LogP contribution in [0.25, 0.3) is 0 Å². The molecule has 1 aromatic carbocycles. The maximum Gasteiger partial charge on any atom is 0.323 e. The first-order chi connectivity index (χ1) is 15.6. The second kappa shape index (κ2) is 11.4. The van der Waals surface area contributed by atoms with Crippen LogP contribution in [0.5, 0.6) is 0 Å². The molecule has 0 fully saturated rings. The smallest absolute Gasteiger partial charge is 0.323 e. The highest BCUT2D eigenvalue weighted by molar-refractivity contribution is 5.53. The van der Waals surface area contributed by atoms with Gasteiger partial charge in [0.2, 0.25) is 0 Å². The second-order valence-corrected chi connectivity index (χ2v) is 7.74. The standard InChI is InChI=1S/C22H29F4N5O2/c1-15(2)33-10-4-5-16-6-9-20(29-12-16)22(25,26)21(32-3,13-31(28)14-30-27)18-8-7-17(23)11-19(18)24/h6-9,11-12,14-15H,4-5,10,13,27-28H2,1-3H3/b30-14-. The van der Waals surface area contributed by atoms with Crippen molar-refractivity contribution in [2.45, 2.75) is 44.3 Å². The summed E-state index contributed by atoms with van der Waals surface area (Å²) < 4.78 is 70.8. The zero-order chi connectivity index (χ0) is 24.6. The van der Waals surface area contributed by atoms with Crippen LogP contribution in [0.15, 0.2) is 41.6 Å². The fourth-order valence-corrected chi connectivity index (χ4v) is 3.42. The first-order valence-corrected chi connectivity index (χ1v) is 10.3. The summed E-state index contributed by atoms with van der Waals surface area (Å²) >= 11 is 0. The van der Waals surface area contributed by atoms with E-state index in [0.29, 0.717) is 25.5 Å². The van der Waals surface area contributed by atoms with Gasteiger partial charge < -0.3 is 15.3 Å². The number of aromatic nitrogens is 1. The molecule has 0 radical (unpaired) electrons. The number of hydrogen-bond acceptors (Lipinski definition) is 6. The summed E-state index contributed by atoms with van der Waals surface area (Å²) in [4.78, 5) is 3.92. The van der Waals surface area contributed by atoms with Gasteiger partial charge in [-0.1, -0.05) is 6.07 Å². The van der Waals surface area contributed by atoms with Crippen molar-refractivity contribution in [2.75, 3.05) is 20.3 Å². The number of methoxy groups -OCH3 is 1. The van der Waals surface area contributed by atoms with Crippen LogP contribution in [0.2, 0.25) is 0 Å². The quantitative estimate of drug-likeness (QED) is 0.123. The Kier molecular flexibility index (Phi) is 9.15. The zero-order valence-electron chi connectivity index (χ0n) is 18.8. The van der Waals surface area contributed by atoms with Gasteiger partial charge in [0, 0.05) is 31.5 Å². The number of rotatable bonds is 12. The lowest BCUT2D eigenvalue weighted by Gasteiger charge is -2.41. The highest BCUT2D eigenvalue weighted by Gasteiger charge is 2.59. The van der Waals surface area contributed by atoms with Gasteiger partial charge in [0.1, 0.15) is 23.7 Å². The maximum atomic E-state index is 15.9. The van der Waals surface area contributed by atoms with E-state index in [1.165, 1.54) is 12.3 Å². The Morgan fingerprint density at radius 1 is 1.21 bits per heavy atom. The van der Waals surface area contributed by atoms with Crippen LogP contribution in [0.1, 0.15) is 37.1 Å². The Hall–Kier alpha value is -2.76. The van der Waals surface area contributed by atoms with Gasteiger partial charge in [0.05, 0.1) is 12.6 Å². The van der Waals surface area contributed by atoms with Crippen molar-refractivity contribution in [1.82, 2.24) is 9.99 Å². The fourth-order valence-electron chi connectivity index (χ4n) is 3.42. The van der Waals surface area contributed by atoms with E-state index in [0.717, 1.165) is 42.2 Å². The number of ether oxygens (including phenoxy) is 2. The molecule has 4 N–H and O–H groups in total.